The van der Waals surface area contributed by atoms with Gasteiger partial charge in [-0.3, -0.25) is 0 Å². The summed E-state index contributed by atoms with van der Waals surface area (Å²) >= 11 is 0. The molecule has 1 aromatic rings. The molecule has 0 spiro atoms. The summed E-state index contributed by atoms with van der Waals surface area (Å²) in [5.74, 6) is 0.829. The van der Waals surface area contributed by atoms with Crippen LogP contribution in [0.5, 0.6) is 6.01 Å². The summed E-state index contributed by atoms with van der Waals surface area (Å²) in [6.07, 6.45) is 2.86. The number of carbonyl (C=O) groups is 1. The molecule has 10 heteroatoms. The van der Waals surface area contributed by atoms with Crippen molar-refractivity contribution in [1.82, 2.24) is 19.8 Å². The van der Waals surface area contributed by atoms with Crippen LogP contribution in [0.2, 0.25) is 0 Å². The first-order chi connectivity index (χ1) is 16.2. The minimum absolute atomic E-state index is 0.226. The molecule has 1 unspecified atom stereocenters. The molecule has 4 heterocycles. The average Bonchev–Trinajstić information content (AvgIpc) is 3.20. The van der Waals surface area contributed by atoms with Gasteiger partial charge in [0.05, 0.1) is 37.4 Å². The van der Waals surface area contributed by atoms with Crippen LogP contribution in [0.25, 0.3) is 0 Å². The molecule has 10 nitrogen and oxygen atoms in total. The molecule has 2 atom stereocenters. The van der Waals surface area contributed by atoms with Crippen LogP contribution < -0.4 is 9.64 Å². The number of rotatable bonds is 5. The van der Waals surface area contributed by atoms with E-state index in [1.54, 1.807) is 4.90 Å². The van der Waals surface area contributed by atoms with Gasteiger partial charge in [-0.1, -0.05) is 0 Å². The summed E-state index contributed by atoms with van der Waals surface area (Å²) in [6, 6.07) is 2.68. The molecule has 0 aromatic carbocycles. The van der Waals surface area contributed by atoms with Gasteiger partial charge in [0.15, 0.2) is 0 Å². The maximum Gasteiger partial charge on any atom is 0.410 e. The van der Waals surface area contributed by atoms with Crippen LogP contribution >= 0.6 is 0 Å². The summed E-state index contributed by atoms with van der Waals surface area (Å²) in [5.41, 5.74) is 1.34. The zero-order valence-corrected chi connectivity index (χ0v) is 20.7. The maximum atomic E-state index is 12.8. The zero-order valence-electron chi connectivity index (χ0n) is 20.7. The Labute approximate surface area is 201 Å². The van der Waals surface area contributed by atoms with E-state index in [1.807, 2.05) is 20.8 Å². The number of hydrogen-bond acceptors (Lipinski definition) is 9. The molecule has 0 bridgehead atoms. The number of carbonyl (C=O) groups excluding carboxylic acids is 1. The summed E-state index contributed by atoms with van der Waals surface area (Å²) in [7, 11) is 2.12. The van der Waals surface area contributed by atoms with E-state index >= 15 is 0 Å². The first kappa shape index (κ1) is 24.5. The largest absolute Gasteiger partial charge is 0.462 e. The standard InChI is InChI=1S/C24H36N6O4/c1-24(2,3)34-23(31)30-12-11-29(14-17(30)7-9-25)21-19-8-13-32-16-20(19)26-22(27-21)33-15-18-6-5-10-28(18)4/h17-18H,5-8,10-16H2,1-4H3/t17?,18-/m0/s1. The molecule has 0 N–H and O–H groups in total. The van der Waals surface area contributed by atoms with E-state index in [1.165, 1.54) is 6.42 Å². The smallest absolute Gasteiger partial charge is 0.410 e. The quantitative estimate of drug-likeness (QED) is 0.639. The number of anilines is 1. The lowest BCUT2D eigenvalue weighted by Crippen LogP contribution is -2.56. The van der Waals surface area contributed by atoms with Gasteiger partial charge in [0.1, 0.15) is 18.0 Å². The third-order valence-corrected chi connectivity index (χ3v) is 6.60. The van der Waals surface area contributed by atoms with Crippen LogP contribution in [-0.4, -0.2) is 90.0 Å². The second kappa shape index (κ2) is 10.3. The number of ether oxygens (including phenoxy) is 3. The van der Waals surface area contributed by atoms with E-state index in [2.05, 4.69) is 27.9 Å². The topological polar surface area (TPSA) is 104 Å². The summed E-state index contributed by atoms with van der Waals surface area (Å²) < 4.78 is 17.3. The highest BCUT2D eigenvalue weighted by molar-refractivity contribution is 5.69. The van der Waals surface area contributed by atoms with Crippen molar-refractivity contribution in [3.8, 4) is 12.1 Å². The predicted octanol–water partition coefficient (Wildman–Crippen LogP) is 2.36. The molecule has 1 amide bonds. The highest BCUT2D eigenvalue weighted by Gasteiger charge is 2.35. The lowest BCUT2D eigenvalue weighted by Gasteiger charge is -2.42. The van der Waals surface area contributed by atoms with Gasteiger partial charge in [-0.15, -0.1) is 0 Å². The van der Waals surface area contributed by atoms with Crippen molar-refractivity contribution in [3.63, 3.8) is 0 Å². The van der Waals surface area contributed by atoms with Gasteiger partial charge in [0, 0.05) is 37.7 Å². The Morgan fingerprint density at radius 1 is 1.24 bits per heavy atom. The number of hydrogen-bond donors (Lipinski definition) is 0. The van der Waals surface area contributed by atoms with Crippen LogP contribution in [0.4, 0.5) is 10.6 Å². The Morgan fingerprint density at radius 3 is 2.76 bits per heavy atom. The fourth-order valence-corrected chi connectivity index (χ4v) is 4.79. The number of piperazine rings is 1. The second-order valence-electron chi connectivity index (χ2n) is 10.3. The Bertz CT molecular complexity index is 927. The van der Waals surface area contributed by atoms with E-state index in [-0.39, 0.29) is 18.6 Å². The van der Waals surface area contributed by atoms with E-state index in [9.17, 15) is 10.1 Å². The SMILES string of the molecule is CN1CCC[C@H]1COc1nc2c(c(N3CCN(C(=O)OC(C)(C)C)C(CC#N)C3)n1)CCOC2. The molecular weight excluding hydrogens is 436 g/mol. The third kappa shape index (κ3) is 5.70. The van der Waals surface area contributed by atoms with Crippen molar-refractivity contribution in [2.45, 2.75) is 70.7 Å². The van der Waals surface area contributed by atoms with Crippen LogP contribution in [0.3, 0.4) is 0 Å². The minimum Gasteiger partial charge on any atom is -0.462 e. The highest BCUT2D eigenvalue weighted by atomic mass is 16.6. The fourth-order valence-electron chi connectivity index (χ4n) is 4.79. The van der Waals surface area contributed by atoms with Gasteiger partial charge >= 0.3 is 12.1 Å². The van der Waals surface area contributed by atoms with Crippen LogP contribution in [0, 0.1) is 11.3 Å². The molecule has 0 saturated carbocycles. The minimum atomic E-state index is -0.587. The number of amides is 1. The Balaban J connectivity index is 1.54. The molecule has 2 saturated heterocycles. The predicted molar refractivity (Wildman–Crippen MR) is 126 cm³/mol. The first-order valence-electron chi connectivity index (χ1n) is 12.2. The van der Waals surface area contributed by atoms with Gasteiger partial charge in [-0.25, -0.2) is 4.79 Å². The Hall–Kier alpha value is -2.64. The van der Waals surface area contributed by atoms with Gasteiger partial charge in [-0.05, 0) is 47.2 Å². The molecule has 1 aromatic heterocycles. The Kier molecular flexibility index (Phi) is 7.43. The van der Waals surface area contributed by atoms with E-state index < -0.39 is 5.60 Å². The molecule has 2 fully saturated rings. The summed E-state index contributed by atoms with van der Waals surface area (Å²) in [5, 5.41) is 9.43. The van der Waals surface area contributed by atoms with Crippen molar-refractivity contribution < 1.29 is 19.0 Å². The molecule has 34 heavy (non-hydrogen) atoms. The lowest BCUT2D eigenvalue weighted by molar-refractivity contribution is 0.0144. The van der Waals surface area contributed by atoms with Crippen LogP contribution in [0.1, 0.15) is 51.3 Å². The molecule has 4 rings (SSSR count). The molecule has 186 valence electrons. The number of aromatic nitrogens is 2. The number of likely N-dealkylation sites (N-methyl/N-ethyl adjacent to an activating group) is 1. The van der Waals surface area contributed by atoms with Crippen molar-refractivity contribution in [2.24, 2.45) is 0 Å². The molecule has 3 aliphatic heterocycles. The van der Waals surface area contributed by atoms with Crippen molar-refractivity contribution >= 4 is 11.9 Å². The molecule has 0 aliphatic carbocycles. The van der Waals surface area contributed by atoms with E-state index in [0.29, 0.717) is 51.5 Å². The first-order valence-corrected chi connectivity index (χ1v) is 12.2. The van der Waals surface area contributed by atoms with Crippen LogP contribution in [-0.2, 0) is 22.5 Å². The van der Waals surface area contributed by atoms with Crippen molar-refractivity contribution in [2.75, 3.05) is 51.3 Å². The van der Waals surface area contributed by atoms with Gasteiger partial charge < -0.3 is 28.9 Å². The maximum absolute atomic E-state index is 12.8. The van der Waals surface area contributed by atoms with E-state index in [4.69, 9.17) is 19.2 Å². The van der Waals surface area contributed by atoms with Crippen molar-refractivity contribution in [1.29, 1.82) is 5.26 Å². The molecule has 0 radical (unpaired) electrons. The zero-order chi connectivity index (χ0) is 24.3. The number of nitrogens with zero attached hydrogens (tertiary/aromatic N) is 6. The van der Waals surface area contributed by atoms with Gasteiger partial charge in [0.2, 0.25) is 0 Å². The van der Waals surface area contributed by atoms with Gasteiger partial charge in [0.25, 0.3) is 0 Å². The number of nitriles is 1. The number of likely N-dealkylation sites (tertiary alicyclic amines) is 1. The monoisotopic (exact) mass is 472 g/mol. The Morgan fingerprint density at radius 2 is 2.06 bits per heavy atom. The van der Waals surface area contributed by atoms with E-state index in [0.717, 1.165) is 36.5 Å². The second-order valence-corrected chi connectivity index (χ2v) is 10.3. The average molecular weight is 473 g/mol. The summed E-state index contributed by atoms with van der Waals surface area (Å²) in [6.45, 7) is 9.79. The van der Waals surface area contributed by atoms with Crippen molar-refractivity contribution in [3.05, 3.63) is 11.3 Å². The summed E-state index contributed by atoms with van der Waals surface area (Å²) in [4.78, 5) is 28.4. The van der Waals surface area contributed by atoms with Crippen LogP contribution in [0.15, 0.2) is 0 Å². The molecular formula is C24H36N6O4. The fraction of sp³-hybridized carbons (Fsp3) is 0.750. The number of fused-ring (bicyclic) bond motifs is 1. The lowest BCUT2D eigenvalue weighted by atomic mass is 10.1. The molecule has 3 aliphatic rings. The third-order valence-electron chi connectivity index (χ3n) is 6.60. The highest BCUT2D eigenvalue weighted by Crippen LogP contribution is 2.30. The van der Waals surface area contributed by atoms with Gasteiger partial charge in [-0.2, -0.15) is 15.2 Å². The normalized spacial score (nSPS) is 23.4.